The quantitative estimate of drug-likeness (QED) is 0.677. The van der Waals surface area contributed by atoms with Gasteiger partial charge in [0, 0.05) is 11.9 Å². The molecular weight excluding hydrogens is 365 g/mol. The number of imidazole rings is 1. The second-order valence-electron chi connectivity index (χ2n) is 5.64. The van der Waals surface area contributed by atoms with E-state index in [0.29, 0.717) is 29.1 Å². The number of aryl methyl sites for hydroxylation is 2. The topological polar surface area (TPSA) is 63.8 Å². The van der Waals surface area contributed by atoms with Gasteiger partial charge in [0.2, 0.25) is 0 Å². The molecule has 1 N–H and O–H groups in total. The van der Waals surface area contributed by atoms with Gasteiger partial charge in [-0.2, -0.15) is 13.2 Å². The van der Waals surface area contributed by atoms with E-state index < -0.39 is 11.9 Å². The molecule has 138 valence electrons. The second kappa shape index (κ2) is 6.79. The normalized spacial score (nSPS) is 12.1. The maximum Gasteiger partial charge on any atom is 0.433 e. The lowest BCUT2D eigenvalue weighted by Gasteiger charge is -2.11. The molecule has 0 unspecified atom stereocenters. The average molecular weight is 382 g/mol. The molecule has 0 aliphatic heterocycles. The Balaban J connectivity index is 2.23. The molecule has 3 heterocycles. The van der Waals surface area contributed by atoms with Crippen LogP contribution in [0.25, 0.3) is 22.6 Å². The average Bonchev–Trinajstić information content (AvgIpc) is 2.91. The number of aromatic hydroxyl groups is 1. The summed E-state index contributed by atoms with van der Waals surface area (Å²) in [6, 6.07) is 2.57. The molecule has 0 saturated carbocycles. The third-order valence-corrected chi connectivity index (χ3v) is 4.86. The van der Waals surface area contributed by atoms with Gasteiger partial charge in [-0.25, -0.2) is 15.0 Å². The smallest absolute Gasteiger partial charge is 0.433 e. The molecule has 0 spiro atoms. The zero-order valence-corrected chi connectivity index (χ0v) is 15.2. The summed E-state index contributed by atoms with van der Waals surface area (Å²) in [5.41, 5.74) is 0.754. The minimum atomic E-state index is -4.53. The Bertz CT molecular complexity index is 969. The Kier molecular flexibility index (Phi) is 4.83. The highest BCUT2D eigenvalue weighted by Crippen LogP contribution is 2.36. The number of hydrogen-bond donors (Lipinski definition) is 1. The standard InChI is InChI=1S/C17H17F3N4OS/c1-4-9-12(25)7-13(26-5-2)15(22-9)16-23-10-6-14(17(18,19)20)21-8-11(10)24(16)3/h6-8,25H,4-5H2,1-3H3. The maximum absolute atomic E-state index is 12.9. The van der Waals surface area contributed by atoms with Crippen LogP contribution in [0.2, 0.25) is 0 Å². The van der Waals surface area contributed by atoms with Gasteiger partial charge in [0.05, 0.1) is 22.9 Å². The van der Waals surface area contributed by atoms with Crippen molar-refractivity contribution in [1.29, 1.82) is 0 Å². The van der Waals surface area contributed by atoms with Crippen LogP contribution in [0.5, 0.6) is 5.75 Å². The largest absolute Gasteiger partial charge is 0.506 e. The first-order valence-electron chi connectivity index (χ1n) is 8.02. The van der Waals surface area contributed by atoms with Crippen LogP contribution in [-0.4, -0.2) is 30.4 Å². The number of pyridine rings is 2. The van der Waals surface area contributed by atoms with Crippen LogP contribution in [0.15, 0.2) is 23.2 Å². The van der Waals surface area contributed by atoms with Crippen molar-refractivity contribution in [3.8, 4) is 17.3 Å². The summed E-state index contributed by atoms with van der Waals surface area (Å²) >= 11 is 1.48. The summed E-state index contributed by atoms with van der Waals surface area (Å²) in [6.07, 6.45) is -2.83. The van der Waals surface area contributed by atoms with Gasteiger partial charge < -0.3 is 9.67 Å². The highest BCUT2D eigenvalue weighted by atomic mass is 32.2. The first kappa shape index (κ1) is 18.5. The molecule has 0 fully saturated rings. The van der Waals surface area contributed by atoms with Crippen molar-refractivity contribution in [2.45, 2.75) is 31.3 Å². The number of hydrogen-bond acceptors (Lipinski definition) is 5. The summed E-state index contributed by atoms with van der Waals surface area (Å²) in [4.78, 5) is 13.1. The van der Waals surface area contributed by atoms with Gasteiger partial charge in [-0.3, -0.25) is 0 Å². The first-order valence-corrected chi connectivity index (χ1v) is 9.00. The summed E-state index contributed by atoms with van der Waals surface area (Å²) in [6.45, 7) is 3.83. The molecule has 3 aromatic heterocycles. The van der Waals surface area contributed by atoms with Gasteiger partial charge in [0.1, 0.15) is 17.1 Å². The predicted octanol–water partition coefficient (Wildman–Crippen LogP) is 4.43. The molecule has 3 rings (SSSR count). The van der Waals surface area contributed by atoms with Crippen LogP contribution in [0.1, 0.15) is 25.2 Å². The van der Waals surface area contributed by atoms with E-state index in [1.165, 1.54) is 18.0 Å². The number of thioether (sulfide) groups is 1. The van der Waals surface area contributed by atoms with Crippen molar-refractivity contribution < 1.29 is 18.3 Å². The molecule has 0 amide bonds. The molecule has 0 aliphatic carbocycles. The minimum absolute atomic E-state index is 0.104. The molecule has 0 saturated heterocycles. The summed E-state index contributed by atoms with van der Waals surface area (Å²) in [5.74, 6) is 1.29. The molecule has 0 aliphatic rings. The summed E-state index contributed by atoms with van der Waals surface area (Å²) in [5, 5.41) is 10.1. The molecule has 26 heavy (non-hydrogen) atoms. The lowest BCUT2D eigenvalue weighted by atomic mass is 10.2. The van der Waals surface area contributed by atoms with Gasteiger partial charge in [0.15, 0.2) is 5.82 Å². The molecule has 0 bridgehead atoms. The van der Waals surface area contributed by atoms with Crippen LogP contribution in [0.3, 0.4) is 0 Å². The molecule has 0 radical (unpaired) electrons. The van der Waals surface area contributed by atoms with Crippen molar-refractivity contribution >= 4 is 22.8 Å². The number of nitrogens with zero attached hydrogens (tertiary/aromatic N) is 4. The predicted molar refractivity (Wildman–Crippen MR) is 94.2 cm³/mol. The third kappa shape index (κ3) is 3.23. The van der Waals surface area contributed by atoms with Gasteiger partial charge in [-0.1, -0.05) is 13.8 Å². The van der Waals surface area contributed by atoms with E-state index in [1.54, 1.807) is 17.7 Å². The number of aromatic nitrogens is 4. The fraction of sp³-hybridized carbons (Fsp3) is 0.353. The third-order valence-electron chi connectivity index (χ3n) is 3.95. The summed E-state index contributed by atoms with van der Waals surface area (Å²) in [7, 11) is 1.71. The molecular formula is C17H17F3N4OS. The van der Waals surface area contributed by atoms with Crippen molar-refractivity contribution in [3.05, 3.63) is 29.7 Å². The van der Waals surface area contributed by atoms with Crippen LogP contribution in [-0.2, 0) is 19.6 Å². The fourth-order valence-electron chi connectivity index (χ4n) is 2.66. The molecule has 9 heteroatoms. The lowest BCUT2D eigenvalue weighted by Crippen LogP contribution is -2.07. The fourth-order valence-corrected chi connectivity index (χ4v) is 3.44. The molecule has 5 nitrogen and oxygen atoms in total. The highest BCUT2D eigenvalue weighted by molar-refractivity contribution is 7.99. The zero-order valence-electron chi connectivity index (χ0n) is 14.4. The second-order valence-corrected chi connectivity index (χ2v) is 6.94. The zero-order chi connectivity index (χ0) is 19.1. The number of rotatable bonds is 4. The molecule has 3 aromatic rings. The van der Waals surface area contributed by atoms with E-state index in [9.17, 15) is 18.3 Å². The van der Waals surface area contributed by atoms with Crippen LogP contribution < -0.4 is 0 Å². The summed E-state index contributed by atoms with van der Waals surface area (Å²) < 4.78 is 40.4. The molecule has 0 atom stereocenters. The van der Waals surface area contributed by atoms with Crippen LogP contribution >= 0.6 is 11.8 Å². The van der Waals surface area contributed by atoms with Crippen molar-refractivity contribution in [1.82, 2.24) is 19.5 Å². The van der Waals surface area contributed by atoms with E-state index in [0.717, 1.165) is 16.7 Å². The highest BCUT2D eigenvalue weighted by Gasteiger charge is 2.33. The van der Waals surface area contributed by atoms with Gasteiger partial charge in [-0.15, -0.1) is 11.8 Å². The van der Waals surface area contributed by atoms with E-state index >= 15 is 0 Å². The van der Waals surface area contributed by atoms with Gasteiger partial charge in [-0.05, 0) is 24.3 Å². The minimum Gasteiger partial charge on any atom is -0.506 e. The monoisotopic (exact) mass is 382 g/mol. The Morgan fingerprint density at radius 3 is 2.54 bits per heavy atom. The van der Waals surface area contributed by atoms with Crippen LogP contribution in [0, 0.1) is 0 Å². The van der Waals surface area contributed by atoms with Crippen molar-refractivity contribution in [2.75, 3.05) is 5.75 Å². The van der Waals surface area contributed by atoms with E-state index in [4.69, 9.17) is 0 Å². The van der Waals surface area contributed by atoms with Gasteiger partial charge in [0.25, 0.3) is 0 Å². The van der Waals surface area contributed by atoms with Crippen molar-refractivity contribution in [2.24, 2.45) is 7.05 Å². The van der Waals surface area contributed by atoms with Gasteiger partial charge >= 0.3 is 6.18 Å². The lowest BCUT2D eigenvalue weighted by molar-refractivity contribution is -0.141. The number of alkyl halides is 3. The number of halogens is 3. The van der Waals surface area contributed by atoms with E-state index in [1.807, 2.05) is 13.8 Å². The molecule has 0 aromatic carbocycles. The van der Waals surface area contributed by atoms with E-state index in [-0.39, 0.29) is 11.3 Å². The van der Waals surface area contributed by atoms with E-state index in [2.05, 4.69) is 15.0 Å². The first-order chi connectivity index (χ1) is 12.3. The SMILES string of the molecule is CCSc1cc(O)c(CC)nc1-c1nc2cc(C(F)(F)F)ncc2n1C. The maximum atomic E-state index is 12.9. The Morgan fingerprint density at radius 1 is 1.19 bits per heavy atom. The number of fused-ring (bicyclic) bond motifs is 1. The Morgan fingerprint density at radius 2 is 1.92 bits per heavy atom. The Labute approximate surface area is 152 Å². The van der Waals surface area contributed by atoms with Crippen molar-refractivity contribution in [3.63, 3.8) is 0 Å². The Hall–Kier alpha value is -2.29. The van der Waals surface area contributed by atoms with Crippen LogP contribution in [0.4, 0.5) is 13.2 Å².